The van der Waals surface area contributed by atoms with E-state index in [1.165, 1.54) is 7.11 Å². The third-order valence-corrected chi connectivity index (χ3v) is 2.76. The molecule has 2 amide bonds. The van der Waals surface area contributed by atoms with E-state index in [1.807, 2.05) is 13.8 Å². The van der Waals surface area contributed by atoms with Crippen molar-refractivity contribution in [2.45, 2.75) is 33.3 Å². The van der Waals surface area contributed by atoms with Crippen LogP contribution in [0.2, 0.25) is 0 Å². The van der Waals surface area contributed by atoms with Gasteiger partial charge in [0.25, 0.3) is 5.91 Å². The summed E-state index contributed by atoms with van der Waals surface area (Å²) in [7, 11) is 1.51. The molecular formula is C14H21N3O4. The number of carbonyl (C=O) groups is 2. The van der Waals surface area contributed by atoms with Crippen LogP contribution in [-0.4, -0.2) is 30.2 Å². The molecule has 7 nitrogen and oxygen atoms in total. The van der Waals surface area contributed by atoms with Gasteiger partial charge in [-0.3, -0.25) is 4.79 Å². The molecule has 0 saturated heterocycles. The Bertz CT molecular complexity index is 517. The predicted octanol–water partition coefficient (Wildman–Crippen LogP) is 1.85. The SMILES string of the molecule is COc1ccc(NC(=O)[C@H](CC(C)C)OC(N)=O)c(C)n1. The lowest BCUT2D eigenvalue weighted by Gasteiger charge is -2.18. The molecule has 0 aliphatic heterocycles. The lowest BCUT2D eigenvalue weighted by molar-refractivity contribution is -0.124. The number of carbonyl (C=O) groups excluding carboxylic acids is 2. The van der Waals surface area contributed by atoms with Crippen LogP contribution in [0.3, 0.4) is 0 Å². The highest BCUT2D eigenvalue weighted by Gasteiger charge is 2.23. The number of aromatic nitrogens is 1. The number of primary amides is 1. The Morgan fingerprint density at radius 2 is 2.05 bits per heavy atom. The standard InChI is InChI=1S/C14H21N3O4/c1-8(2)7-11(21-14(15)19)13(18)17-10-5-6-12(20-4)16-9(10)3/h5-6,8,11H,7H2,1-4H3,(H2,15,19)(H,17,18)/t11-/m0/s1. The predicted molar refractivity (Wildman–Crippen MR) is 78.1 cm³/mol. The van der Waals surface area contributed by atoms with Gasteiger partial charge in [-0.05, 0) is 25.3 Å². The first kappa shape index (κ1) is 16.7. The number of anilines is 1. The number of methoxy groups -OCH3 is 1. The summed E-state index contributed by atoms with van der Waals surface area (Å²) in [5.74, 6) is 0.199. The summed E-state index contributed by atoms with van der Waals surface area (Å²) in [6.07, 6.45) is -1.51. The number of ether oxygens (including phenoxy) is 2. The summed E-state index contributed by atoms with van der Waals surface area (Å²) < 4.78 is 9.86. The highest BCUT2D eigenvalue weighted by molar-refractivity contribution is 5.95. The fraction of sp³-hybridized carbons (Fsp3) is 0.500. The highest BCUT2D eigenvalue weighted by atomic mass is 16.6. The number of amides is 2. The highest BCUT2D eigenvalue weighted by Crippen LogP contribution is 2.18. The third-order valence-electron chi connectivity index (χ3n) is 2.76. The van der Waals surface area contributed by atoms with Gasteiger partial charge >= 0.3 is 6.09 Å². The monoisotopic (exact) mass is 295 g/mol. The van der Waals surface area contributed by atoms with Gasteiger partial charge in [0.2, 0.25) is 5.88 Å². The summed E-state index contributed by atoms with van der Waals surface area (Å²) in [4.78, 5) is 27.2. The molecule has 0 radical (unpaired) electrons. The molecule has 0 aliphatic rings. The molecule has 1 atom stereocenters. The molecule has 0 spiro atoms. The van der Waals surface area contributed by atoms with E-state index in [9.17, 15) is 9.59 Å². The largest absolute Gasteiger partial charge is 0.481 e. The number of nitrogens with one attached hydrogen (secondary N) is 1. The van der Waals surface area contributed by atoms with Gasteiger partial charge in [0, 0.05) is 6.07 Å². The minimum absolute atomic E-state index is 0.176. The molecule has 0 unspecified atom stereocenters. The zero-order valence-corrected chi connectivity index (χ0v) is 12.7. The van der Waals surface area contributed by atoms with Crippen molar-refractivity contribution in [2.75, 3.05) is 12.4 Å². The lowest BCUT2D eigenvalue weighted by Crippen LogP contribution is -2.35. The Morgan fingerprint density at radius 3 is 2.52 bits per heavy atom. The third kappa shape index (κ3) is 5.29. The zero-order valence-electron chi connectivity index (χ0n) is 12.7. The molecule has 1 heterocycles. The first-order valence-electron chi connectivity index (χ1n) is 6.62. The molecule has 116 valence electrons. The van der Waals surface area contributed by atoms with Crippen molar-refractivity contribution in [3.63, 3.8) is 0 Å². The number of hydrogen-bond acceptors (Lipinski definition) is 5. The second-order valence-electron chi connectivity index (χ2n) is 5.03. The molecule has 0 aromatic carbocycles. The number of nitrogens with two attached hydrogens (primary N) is 1. The first-order valence-corrected chi connectivity index (χ1v) is 6.62. The average molecular weight is 295 g/mol. The zero-order chi connectivity index (χ0) is 16.0. The van der Waals surface area contributed by atoms with Gasteiger partial charge in [-0.2, -0.15) is 0 Å². The van der Waals surface area contributed by atoms with Gasteiger partial charge in [0.15, 0.2) is 6.10 Å². The van der Waals surface area contributed by atoms with Crippen LogP contribution < -0.4 is 15.8 Å². The fourth-order valence-corrected chi connectivity index (χ4v) is 1.77. The van der Waals surface area contributed by atoms with Gasteiger partial charge in [-0.25, -0.2) is 9.78 Å². The smallest absolute Gasteiger partial charge is 0.405 e. The van der Waals surface area contributed by atoms with E-state index < -0.39 is 18.1 Å². The molecule has 1 rings (SSSR count). The van der Waals surface area contributed by atoms with Crippen LogP contribution in [0.4, 0.5) is 10.5 Å². The number of hydrogen-bond donors (Lipinski definition) is 2. The van der Waals surface area contributed by atoms with Gasteiger partial charge in [-0.1, -0.05) is 13.8 Å². The van der Waals surface area contributed by atoms with Gasteiger partial charge in [0.05, 0.1) is 18.5 Å². The number of aryl methyl sites for hydroxylation is 1. The molecule has 0 saturated carbocycles. The minimum atomic E-state index is -0.972. The Kier molecular flexibility index (Phi) is 5.95. The van der Waals surface area contributed by atoms with Gasteiger partial charge in [-0.15, -0.1) is 0 Å². The molecule has 1 aromatic rings. The molecule has 0 bridgehead atoms. The van der Waals surface area contributed by atoms with Crippen LogP contribution in [0.15, 0.2) is 12.1 Å². The molecule has 1 aromatic heterocycles. The molecule has 0 aliphatic carbocycles. The summed E-state index contributed by atoms with van der Waals surface area (Å²) >= 11 is 0. The topological polar surface area (TPSA) is 104 Å². The molecular weight excluding hydrogens is 274 g/mol. The summed E-state index contributed by atoms with van der Waals surface area (Å²) in [5, 5.41) is 2.68. The van der Waals surface area contributed by atoms with Gasteiger partial charge in [0.1, 0.15) is 0 Å². The first-order chi connectivity index (χ1) is 9.83. The van der Waals surface area contributed by atoms with Crippen LogP contribution in [0.25, 0.3) is 0 Å². The van der Waals surface area contributed by atoms with E-state index in [0.717, 1.165) is 0 Å². The second-order valence-corrected chi connectivity index (χ2v) is 5.03. The number of nitrogens with zero attached hydrogens (tertiary/aromatic N) is 1. The maximum Gasteiger partial charge on any atom is 0.405 e. The molecule has 3 N–H and O–H groups in total. The fourth-order valence-electron chi connectivity index (χ4n) is 1.77. The number of pyridine rings is 1. The number of rotatable bonds is 6. The van der Waals surface area contributed by atoms with E-state index in [1.54, 1.807) is 19.1 Å². The Balaban J connectivity index is 2.83. The average Bonchev–Trinajstić information content (AvgIpc) is 2.39. The van der Waals surface area contributed by atoms with Crippen molar-refractivity contribution < 1.29 is 19.1 Å². The lowest BCUT2D eigenvalue weighted by atomic mass is 10.1. The van der Waals surface area contributed by atoms with Crippen molar-refractivity contribution in [2.24, 2.45) is 11.7 Å². The molecule has 0 fully saturated rings. The van der Waals surface area contributed by atoms with E-state index in [-0.39, 0.29) is 5.92 Å². The Hall–Kier alpha value is -2.31. The summed E-state index contributed by atoms with van der Waals surface area (Å²) in [5.41, 5.74) is 6.13. The Morgan fingerprint density at radius 1 is 1.38 bits per heavy atom. The summed E-state index contributed by atoms with van der Waals surface area (Å²) in [6, 6.07) is 3.31. The van der Waals surface area contributed by atoms with Crippen LogP contribution in [-0.2, 0) is 9.53 Å². The maximum absolute atomic E-state index is 12.2. The van der Waals surface area contributed by atoms with Crippen LogP contribution in [0.1, 0.15) is 26.0 Å². The van der Waals surface area contributed by atoms with Crippen LogP contribution in [0.5, 0.6) is 5.88 Å². The van der Waals surface area contributed by atoms with E-state index in [2.05, 4.69) is 10.3 Å². The second kappa shape index (κ2) is 7.47. The van der Waals surface area contributed by atoms with E-state index in [4.69, 9.17) is 15.2 Å². The van der Waals surface area contributed by atoms with Gasteiger partial charge < -0.3 is 20.5 Å². The minimum Gasteiger partial charge on any atom is -0.481 e. The molecule has 21 heavy (non-hydrogen) atoms. The van der Waals surface area contributed by atoms with E-state index >= 15 is 0 Å². The normalized spacial score (nSPS) is 11.9. The molecule has 7 heteroatoms. The van der Waals surface area contributed by atoms with E-state index in [0.29, 0.717) is 23.7 Å². The van der Waals surface area contributed by atoms with Crippen molar-refractivity contribution in [3.8, 4) is 5.88 Å². The van der Waals surface area contributed by atoms with Crippen molar-refractivity contribution >= 4 is 17.7 Å². The Labute approximate surface area is 123 Å². The quantitative estimate of drug-likeness (QED) is 0.833. The van der Waals surface area contributed by atoms with Crippen LogP contribution in [0, 0.1) is 12.8 Å². The van der Waals surface area contributed by atoms with Crippen molar-refractivity contribution in [1.29, 1.82) is 0 Å². The maximum atomic E-state index is 12.2. The van der Waals surface area contributed by atoms with Crippen molar-refractivity contribution in [3.05, 3.63) is 17.8 Å². The summed E-state index contributed by atoms with van der Waals surface area (Å²) in [6.45, 7) is 5.58. The van der Waals surface area contributed by atoms with Crippen LogP contribution >= 0.6 is 0 Å². The van der Waals surface area contributed by atoms with Crippen molar-refractivity contribution in [1.82, 2.24) is 4.98 Å².